The predicted molar refractivity (Wildman–Crippen MR) is 75.9 cm³/mol. The van der Waals surface area contributed by atoms with Crippen LogP contribution in [0.3, 0.4) is 0 Å². The maximum atomic E-state index is 10.7. The van der Waals surface area contributed by atoms with E-state index in [-0.39, 0.29) is 22.2 Å². The molecular weight excluding hydrogens is 296 g/mol. The number of halogens is 1. The zero-order valence-corrected chi connectivity index (χ0v) is 11.6. The van der Waals surface area contributed by atoms with Crippen LogP contribution in [0.2, 0.25) is 5.02 Å². The molecule has 21 heavy (non-hydrogen) atoms. The van der Waals surface area contributed by atoms with Crippen molar-refractivity contribution < 1.29 is 14.4 Å². The molecule has 106 valence electrons. The first kappa shape index (κ1) is 14.6. The largest absolute Gasteiger partial charge is 0.493 e. The van der Waals surface area contributed by atoms with Gasteiger partial charge in [-0.2, -0.15) is 5.26 Å². The molecule has 0 aliphatic carbocycles. The third kappa shape index (κ3) is 3.22. The third-order valence-corrected chi connectivity index (χ3v) is 2.93. The highest BCUT2D eigenvalue weighted by Gasteiger charge is 2.14. The average molecular weight is 305 g/mol. The molecule has 2 aromatic rings. The molecule has 0 aliphatic rings. The van der Waals surface area contributed by atoms with Crippen molar-refractivity contribution in [1.82, 2.24) is 0 Å². The monoisotopic (exact) mass is 304 g/mol. The summed E-state index contributed by atoms with van der Waals surface area (Å²) in [4.78, 5) is 10.2. The second-order valence-electron chi connectivity index (χ2n) is 3.95. The van der Waals surface area contributed by atoms with Gasteiger partial charge in [0.05, 0.1) is 34.8 Å². The van der Waals surface area contributed by atoms with Crippen LogP contribution >= 0.6 is 11.6 Å². The second kappa shape index (κ2) is 6.11. The van der Waals surface area contributed by atoms with E-state index >= 15 is 0 Å². The fourth-order valence-electron chi connectivity index (χ4n) is 1.63. The Kier molecular flexibility index (Phi) is 4.26. The van der Waals surface area contributed by atoms with Gasteiger partial charge in [-0.25, -0.2) is 0 Å². The van der Waals surface area contributed by atoms with Crippen LogP contribution in [0, 0.1) is 21.4 Å². The number of nitro groups is 1. The van der Waals surface area contributed by atoms with Crippen LogP contribution in [0.15, 0.2) is 36.4 Å². The van der Waals surface area contributed by atoms with Crippen molar-refractivity contribution in [1.29, 1.82) is 5.26 Å². The summed E-state index contributed by atoms with van der Waals surface area (Å²) in [6.07, 6.45) is 0. The number of non-ortho nitro benzene ring substituents is 1. The van der Waals surface area contributed by atoms with Crippen LogP contribution in [-0.4, -0.2) is 12.0 Å². The molecule has 0 aliphatic heterocycles. The first-order chi connectivity index (χ1) is 10.0. The Labute approximate surface area is 125 Å². The van der Waals surface area contributed by atoms with E-state index < -0.39 is 4.92 Å². The number of methoxy groups -OCH3 is 1. The number of hydrogen-bond donors (Lipinski definition) is 0. The van der Waals surface area contributed by atoms with Gasteiger partial charge in [0, 0.05) is 6.07 Å². The molecule has 2 aromatic carbocycles. The lowest BCUT2D eigenvalue weighted by Gasteiger charge is -2.11. The van der Waals surface area contributed by atoms with Gasteiger partial charge in [0.15, 0.2) is 11.5 Å². The molecule has 7 heteroatoms. The Bertz CT molecular complexity index is 740. The maximum absolute atomic E-state index is 10.7. The van der Waals surface area contributed by atoms with Gasteiger partial charge in [-0.1, -0.05) is 11.6 Å². The van der Waals surface area contributed by atoms with E-state index in [1.165, 1.54) is 31.4 Å². The molecule has 0 fully saturated rings. The van der Waals surface area contributed by atoms with Crippen LogP contribution in [-0.2, 0) is 0 Å². The van der Waals surface area contributed by atoms with Gasteiger partial charge in [-0.05, 0) is 24.3 Å². The average Bonchev–Trinajstić information content (AvgIpc) is 2.49. The lowest BCUT2D eigenvalue weighted by molar-refractivity contribution is -0.384. The van der Waals surface area contributed by atoms with Crippen LogP contribution in [0.4, 0.5) is 5.69 Å². The molecule has 0 radical (unpaired) electrons. The van der Waals surface area contributed by atoms with Crippen LogP contribution in [0.5, 0.6) is 17.2 Å². The molecule has 6 nitrogen and oxygen atoms in total. The standard InChI is InChI=1S/C14H9ClN2O4/c1-20-14-7-10(17(18)19)3-5-13(14)21-12-4-2-9(8-16)6-11(12)15/h2-7H,1H3. The maximum Gasteiger partial charge on any atom is 0.273 e. The number of hydrogen-bond acceptors (Lipinski definition) is 5. The molecular formula is C14H9ClN2O4. The van der Waals surface area contributed by atoms with Crippen LogP contribution in [0.1, 0.15) is 5.56 Å². The molecule has 0 saturated carbocycles. The first-order valence-corrected chi connectivity index (χ1v) is 6.13. The Morgan fingerprint density at radius 2 is 1.90 bits per heavy atom. The summed E-state index contributed by atoms with van der Waals surface area (Å²) in [5.74, 6) is 0.821. The quantitative estimate of drug-likeness (QED) is 0.631. The number of rotatable bonds is 4. The zero-order chi connectivity index (χ0) is 15.4. The van der Waals surface area contributed by atoms with Gasteiger partial charge in [-0.3, -0.25) is 10.1 Å². The van der Waals surface area contributed by atoms with E-state index in [4.69, 9.17) is 26.3 Å². The molecule has 2 rings (SSSR count). The van der Waals surface area contributed by atoms with Crippen LogP contribution in [0.25, 0.3) is 0 Å². The number of nitriles is 1. The Hall–Kier alpha value is -2.78. The third-order valence-electron chi connectivity index (χ3n) is 2.64. The van der Waals surface area contributed by atoms with E-state index in [9.17, 15) is 10.1 Å². The van der Waals surface area contributed by atoms with Gasteiger partial charge in [0.25, 0.3) is 5.69 Å². The summed E-state index contributed by atoms with van der Waals surface area (Å²) in [6, 6.07) is 10.5. The topological polar surface area (TPSA) is 85.4 Å². The second-order valence-corrected chi connectivity index (χ2v) is 4.36. The van der Waals surface area contributed by atoms with Gasteiger partial charge in [0.2, 0.25) is 0 Å². The van der Waals surface area contributed by atoms with E-state index in [1.807, 2.05) is 6.07 Å². The number of nitrogens with zero attached hydrogens (tertiary/aromatic N) is 2. The normalized spacial score (nSPS) is 9.76. The summed E-state index contributed by atoms with van der Waals surface area (Å²) in [5.41, 5.74) is 0.299. The van der Waals surface area contributed by atoms with Crippen molar-refractivity contribution in [2.75, 3.05) is 7.11 Å². The highest BCUT2D eigenvalue weighted by atomic mass is 35.5. The van der Waals surface area contributed by atoms with Crippen LogP contribution < -0.4 is 9.47 Å². The molecule has 0 saturated heterocycles. The summed E-state index contributed by atoms with van der Waals surface area (Å²) in [5, 5.41) is 19.8. The lowest BCUT2D eigenvalue weighted by Crippen LogP contribution is -1.94. The van der Waals surface area contributed by atoms with E-state index in [2.05, 4.69) is 0 Å². The van der Waals surface area contributed by atoms with Gasteiger partial charge < -0.3 is 9.47 Å². The van der Waals surface area contributed by atoms with Crippen molar-refractivity contribution >= 4 is 17.3 Å². The van der Waals surface area contributed by atoms with Crippen molar-refractivity contribution in [3.63, 3.8) is 0 Å². The lowest BCUT2D eigenvalue weighted by atomic mass is 10.2. The SMILES string of the molecule is COc1cc([N+](=O)[O-])ccc1Oc1ccc(C#N)cc1Cl. The van der Waals surface area contributed by atoms with E-state index in [1.54, 1.807) is 12.1 Å². The highest BCUT2D eigenvalue weighted by molar-refractivity contribution is 6.32. The Morgan fingerprint density at radius 1 is 1.19 bits per heavy atom. The molecule has 0 amide bonds. The minimum atomic E-state index is -0.527. The molecule has 0 N–H and O–H groups in total. The molecule has 0 spiro atoms. The zero-order valence-electron chi connectivity index (χ0n) is 10.9. The molecule has 0 aromatic heterocycles. The Balaban J connectivity index is 2.35. The van der Waals surface area contributed by atoms with Crippen molar-refractivity contribution in [2.45, 2.75) is 0 Å². The minimum Gasteiger partial charge on any atom is -0.493 e. The van der Waals surface area contributed by atoms with Crippen molar-refractivity contribution in [3.8, 4) is 23.3 Å². The number of benzene rings is 2. The first-order valence-electron chi connectivity index (χ1n) is 5.75. The molecule has 0 heterocycles. The number of ether oxygens (including phenoxy) is 2. The fraction of sp³-hybridized carbons (Fsp3) is 0.0714. The smallest absolute Gasteiger partial charge is 0.273 e. The Morgan fingerprint density at radius 3 is 2.48 bits per heavy atom. The highest BCUT2D eigenvalue weighted by Crippen LogP contribution is 2.37. The number of nitro benzene ring substituents is 1. The summed E-state index contributed by atoms with van der Waals surface area (Å²) in [6.45, 7) is 0. The van der Waals surface area contributed by atoms with Crippen molar-refractivity contribution in [3.05, 3.63) is 57.1 Å². The van der Waals surface area contributed by atoms with Gasteiger partial charge in [0.1, 0.15) is 5.75 Å². The summed E-state index contributed by atoms with van der Waals surface area (Å²) >= 11 is 6.01. The molecule has 0 bridgehead atoms. The van der Waals surface area contributed by atoms with E-state index in [0.717, 1.165) is 0 Å². The predicted octanol–water partition coefficient (Wildman–Crippen LogP) is 3.92. The molecule has 0 unspecified atom stereocenters. The summed E-state index contributed by atoms with van der Waals surface area (Å²) < 4.78 is 10.6. The fourth-order valence-corrected chi connectivity index (χ4v) is 1.84. The van der Waals surface area contributed by atoms with Crippen molar-refractivity contribution in [2.24, 2.45) is 0 Å². The molecule has 0 atom stereocenters. The van der Waals surface area contributed by atoms with Gasteiger partial charge >= 0.3 is 0 Å². The van der Waals surface area contributed by atoms with E-state index in [0.29, 0.717) is 11.3 Å². The minimum absolute atomic E-state index is 0.106. The summed E-state index contributed by atoms with van der Waals surface area (Å²) in [7, 11) is 1.38. The van der Waals surface area contributed by atoms with Gasteiger partial charge in [-0.15, -0.1) is 0 Å².